The minimum atomic E-state index is -0.104. The van der Waals surface area contributed by atoms with Crippen LogP contribution < -0.4 is 21.1 Å². The van der Waals surface area contributed by atoms with E-state index in [1.54, 1.807) is 0 Å². The Morgan fingerprint density at radius 1 is 1.11 bits per heavy atom. The normalized spacial score (nSPS) is 14.7. The molecule has 3 aromatic rings. The molecule has 8 heteroatoms. The molecule has 0 atom stereocenters. The summed E-state index contributed by atoms with van der Waals surface area (Å²) in [6, 6.07) is 8.47. The van der Waals surface area contributed by atoms with Gasteiger partial charge in [-0.25, -0.2) is 4.98 Å². The highest BCUT2D eigenvalue weighted by Crippen LogP contribution is 2.15. The molecule has 3 heterocycles. The summed E-state index contributed by atoms with van der Waals surface area (Å²) in [7, 11) is 0. The summed E-state index contributed by atoms with van der Waals surface area (Å²) in [6.45, 7) is 7.98. The SMILES string of the molecule is CCc1ccc(CNc2nc3nc(C)c(N4CCNCC4)c(=O)n3[nH]2)cc1. The molecule has 0 spiro atoms. The van der Waals surface area contributed by atoms with E-state index in [-0.39, 0.29) is 5.56 Å². The Labute approximate surface area is 157 Å². The second-order valence-corrected chi connectivity index (χ2v) is 6.82. The number of aromatic amines is 1. The van der Waals surface area contributed by atoms with E-state index in [0.717, 1.165) is 43.9 Å². The number of anilines is 2. The number of nitrogens with one attached hydrogen (secondary N) is 3. The summed E-state index contributed by atoms with van der Waals surface area (Å²) < 4.78 is 1.42. The zero-order chi connectivity index (χ0) is 18.8. The van der Waals surface area contributed by atoms with E-state index in [1.807, 2.05) is 6.92 Å². The van der Waals surface area contributed by atoms with Crippen LogP contribution in [0, 0.1) is 6.92 Å². The number of aromatic nitrogens is 4. The largest absolute Gasteiger partial charge is 0.363 e. The number of hydrogen-bond acceptors (Lipinski definition) is 6. The Morgan fingerprint density at radius 2 is 1.81 bits per heavy atom. The fourth-order valence-corrected chi connectivity index (χ4v) is 3.42. The molecule has 2 aromatic heterocycles. The lowest BCUT2D eigenvalue weighted by molar-refractivity contribution is 0.584. The Morgan fingerprint density at radius 3 is 2.52 bits per heavy atom. The molecule has 0 saturated carbocycles. The van der Waals surface area contributed by atoms with Gasteiger partial charge in [0.25, 0.3) is 11.3 Å². The Hall–Kier alpha value is -2.87. The Balaban J connectivity index is 1.58. The van der Waals surface area contributed by atoms with Crippen molar-refractivity contribution in [3.63, 3.8) is 0 Å². The molecule has 1 aliphatic heterocycles. The van der Waals surface area contributed by atoms with Gasteiger partial charge in [0.1, 0.15) is 5.69 Å². The quantitative estimate of drug-likeness (QED) is 0.630. The van der Waals surface area contributed by atoms with Gasteiger partial charge < -0.3 is 15.5 Å². The van der Waals surface area contributed by atoms with Gasteiger partial charge in [0.05, 0.1) is 5.69 Å². The number of aryl methyl sites for hydroxylation is 2. The van der Waals surface area contributed by atoms with Crippen molar-refractivity contribution in [2.45, 2.75) is 26.8 Å². The number of rotatable bonds is 5. The van der Waals surface area contributed by atoms with Gasteiger partial charge in [-0.05, 0) is 24.5 Å². The summed E-state index contributed by atoms with van der Waals surface area (Å²) in [4.78, 5) is 24.0. The minimum Gasteiger partial charge on any atom is -0.363 e. The maximum Gasteiger partial charge on any atom is 0.297 e. The van der Waals surface area contributed by atoms with Crippen LogP contribution in [0.1, 0.15) is 23.7 Å². The third-order valence-corrected chi connectivity index (χ3v) is 4.97. The minimum absolute atomic E-state index is 0.104. The first kappa shape index (κ1) is 17.5. The van der Waals surface area contributed by atoms with Crippen molar-refractivity contribution < 1.29 is 0 Å². The molecule has 1 fully saturated rings. The first-order valence-corrected chi connectivity index (χ1v) is 9.42. The highest BCUT2D eigenvalue weighted by Gasteiger charge is 2.20. The predicted octanol–water partition coefficient (Wildman–Crippen LogP) is 1.31. The topological polar surface area (TPSA) is 90.3 Å². The third-order valence-electron chi connectivity index (χ3n) is 4.97. The van der Waals surface area contributed by atoms with Crippen LogP contribution in [-0.4, -0.2) is 45.8 Å². The van der Waals surface area contributed by atoms with Crippen LogP contribution in [0.4, 0.5) is 11.6 Å². The van der Waals surface area contributed by atoms with Crippen LogP contribution in [0.15, 0.2) is 29.1 Å². The first-order chi connectivity index (χ1) is 13.2. The number of hydrogen-bond donors (Lipinski definition) is 3. The number of benzene rings is 1. The van der Waals surface area contributed by atoms with Crippen molar-refractivity contribution in [1.82, 2.24) is 24.9 Å². The maximum absolute atomic E-state index is 13.0. The van der Waals surface area contributed by atoms with Gasteiger partial charge in [0.2, 0.25) is 5.95 Å². The lowest BCUT2D eigenvalue weighted by Crippen LogP contribution is -2.46. The lowest BCUT2D eigenvalue weighted by atomic mass is 10.1. The van der Waals surface area contributed by atoms with E-state index in [9.17, 15) is 4.79 Å². The molecule has 1 aromatic carbocycles. The van der Waals surface area contributed by atoms with Gasteiger partial charge in [-0.1, -0.05) is 31.2 Å². The van der Waals surface area contributed by atoms with Crippen molar-refractivity contribution in [1.29, 1.82) is 0 Å². The molecule has 8 nitrogen and oxygen atoms in total. The standard InChI is InChI=1S/C19H25N7O/c1-3-14-4-6-15(7-5-14)12-21-18-23-19-22-13(2)16(17(27)26(19)24-18)25-10-8-20-9-11-25/h4-7,20H,3,8-12H2,1-2H3,(H2,21,22,23,24). The van der Waals surface area contributed by atoms with Gasteiger partial charge in [-0.15, -0.1) is 0 Å². The monoisotopic (exact) mass is 367 g/mol. The molecule has 4 rings (SSSR count). The van der Waals surface area contributed by atoms with Crippen LogP contribution in [-0.2, 0) is 13.0 Å². The fraction of sp³-hybridized carbons (Fsp3) is 0.421. The molecule has 0 unspecified atom stereocenters. The number of H-pyrrole nitrogens is 1. The molecule has 0 aliphatic carbocycles. The second kappa shape index (κ2) is 7.40. The molecule has 0 radical (unpaired) electrons. The van der Waals surface area contributed by atoms with E-state index in [2.05, 4.69) is 61.8 Å². The molecular formula is C19H25N7O. The number of fused-ring (bicyclic) bond motifs is 1. The summed E-state index contributed by atoms with van der Waals surface area (Å²) in [5.41, 5.74) is 3.74. The fourth-order valence-electron chi connectivity index (χ4n) is 3.42. The van der Waals surface area contributed by atoms with E-state index < -0.39 is 0 Å². The van der Waals surface area contributed by atoms with Crippen LogP contribution in [0.3, 0.4) is 0 Å². The van der Waals surface area contributed by atoms with Crippen molar-refractivity contribution in [2.24, 2.45) is 0 Å². The summed E-state index contributed by atoms with van der Waals surface area (Å²) in [5, 5.41) is 9.59. The van der Waals surface area contributed by atoms with Crippen LogP contribution in [0.25, 0.3) is 5.78 Å². The molecular weight excluding hydrogens is 342 g/mol. The zero-order valence-corrected chi connectivity index (χ0v) is 15.7. The lowest BCUT2D eigenvalue weighted by Gasteiger charge is -2.29. The van der Waals surface area contributed by atoms with Crippen molar-refractivity contribution in [3.8, 4) is 0 Å². The van der Waals surface area contributed by atoms with Crippen LogP contribution in [0.5, 0.6) is 0 Å². The van der Waals surface area contributed by atoms with E-state index >= 15 is 0 Å². The van der Waals surface area contributed by atoms with Crippen molar-refractivity contribution >= 4 is 17.4 Å². The molecule has 1 saturated heterocycles. The average Bonchev–Trinajstić information content (AvgIpc) is 3.11. The van der Waals surface area contributed by atoms with Crippen molar-refractivity contribution in [2.75, 3.05) is 36.4 Å². The van der Waals surface area contributed by atoms with Gasteiger partial charge >= 0.3 is 0 Å². The highest BCUT2D eigenvalue weighted by molar-refractivity contribution is 5.53. The zero-order valence-electron chi connectivity index (χ0n) is 15.7. The Kier molecular flexibility index (Phi) is 4.81. The van der Waals surface area contributed by atoms with E-state index in [4.69, 9.17) is 0 Å². The summed E-state index contributed by atoms with van der Waals surface area (Å²) in [5.74, 6) is 0.927. The van der Waals surface area contributed by atoms with Gasteiger partial charge in [-0.3, -0.25) is 9.89 Å². The summed E-state index contributed by atoms with van der Waals surface area (Å²) >= 11 is 0. The molecule has 0 bridgehead atoms. The molecule has 142 valence electrons. The molecule has 0 amide bonds. The first-order valence-electron chi connectivity index (χ1n) is 9.42. The van der Waals surface area contributed by atoms with E-state index in [1.165, 1.54) is 10.1 Å². The predicted molar refractivity (Wildman–Crippen MR) is 107 cm³/mol. The smallest absolute Gasteiger partial charge is 0.297 e. The average molecular weight is 367 g/mol. The van der Waals surface area contributed by atoms with Gasteiger partial charge in [0, 0.05) is 32.7 Å². The molecule has 3 N–H and O–H groups in total. The molecule has 1 aliphatic rings. The molecule has 27 heavy (non-hydrogen) atoms. The number of piperazine rings is 1. The van der Waals surface area contributed by atoms with Crippen LogP contribution >= 0.6 is 0 Å². The van der Waals surface area contributed by atoms with Crippen LogP contribution in [0.2, 0.25) is 0 Å². The third kappa shape index (κ3) is 3.52. The highest BCUT2D eigenvalue weighted by atomic mass is 16.1. The van der Waals surface area contributed by atoms with E-state index in [0.29, 0.717) is 24.0 Å². The number of nitrogens with zero attached hydrogens (tertiary/aromatic N) is 4. The van der Waals surface area contributed by atoms with Crippen molar-refractivity contribution in [3.05, 3.63) is 51.4 Å². The summed E-state index contributed by atoms with van der Waals surface area (Å²) in [6.07, 6.45) is 1.03. The second-order valence-electron chi connectivity index (χ2n) is 6.82. The Bertz CT molecular complexity index is 984. The maximum atomic E-state index is 13.0. The van der Waals surface area contributed by atoms with Gasteiger partial charge in [-0.2, -0.15) is 9.50 Å². The van der Waals surface area contributed by atoms with Gasteiger partial charge in [0.15, 0.2) is 0 Å².